The number of halogens is 1. The Kier molecular flexibility index (Phi) is 2.38. The molecule has 1 amide bonds. The molecule has 0 saturated heterocycles. The van der Waals surface area contributed by atoms with Crippen LogP contribution in [0.4, 0.5) is 10.1 Å². The highest BCUT2D eigenvalue weighted by molar-refractivity contribution is 5.88. The summed E-state index contributed by atoms with van der Waals surface area (Å²) in [5.74, 6) is -0.954. The van der Waals surface area contributed by atoms with Crippen LogP contribution in [0.25, 0.3) is 0 Å². The van der Waals surface area contributed by atoms with Crippen LogP contribution in [-0.4, -0.2) is 10.9 Å². The first-order chi connectivity index (χ1) is 5.59. The second-order valence-corrected chi connectivity index (χ2v) is 2.47. The zero-order valence-electron chi connectivity index (χ0n) is 6.89. The van der Waals surface area contributed by atoms with Crippen LogP contribution >= 0.6 is 0 Å². The van der Waals surface area contributed by atoms with Crippen molar-refractivity contribution in [2.24, 2.45) is 0 Å². The van der Waals surface area contributed by atoms with E-state index in [9.17, 15) is 9.18 Å². The molecule has 1 aromatic rings. The summed E-state index contributed by atoms with van der Waals surface area (Å²) in [5, 5.41) is 2.32. The predicted octanol–water partition coefficient (Wildman–Crippen LogP) is 1.49. The van der Waals surface area contributed by atoms with Crippen LogP contribution in [0.15, 0.2) is 12.1 Å². The molecule has 4 heteroatoms. The van der Waals surface area contributed by atoms with Gasteiger partial charge in [-0.25, -0.2) is 4.98 Å². The summed E-state index contributed by atoms with van der Waals surface area (Å²) in [4.78, 5) is 14.1. The van der Waals surface area contributed by atoms with E-state index in [0.29, 0.717) is 5.69 Å². The van der Waals surface area contributed by atoms with Gasteiger partial charge in [-0.15, -0.1) is 0 Å². The minimum atomic E-state index is -0.648. The van der Waals surface area contributed by atoms with Gasteiger partial charge < -0.3 is 5.32 Å². The highest BCUT2D eigenvalue weighted by Gasteiger charge is 2.03. The van der Waals surface area contributed by atoms with Crippen molar-refractivity contribution >= 4 is 11.6 Å². The second-order valence-electron chi connectivity index (χ2n) is 2.47. The molecule has 1 rings (SSSR count). The standard InChI is InChI=1S/C8H9FN2O/c1-5-3-4-7(8(9)10-5)11-6(2)12/h3-4H,1-2H3,(H,11,12). The van der Waals surface area contributed by atoms with Gasteiger partial charge in [-0.1, -0.05) is 0 Å². The molecule has 0 aliphatic heterocycles. The van der Waals surface area contributed by atoms with Gasteiger partial charge in [0, 0.05) is 12.6 Å². The number of nitrogens with zero attached hydrogens (tertiary/aromatic N) is 1. The van der Waals surface area contributed by atoms with Crippen molar-refractivity contribution in [2.45, 2.75) is 13.8 Å². The highest BCUT2D eigenvalue weighted by Crippen LogP contribution is 2.11. The molecule has 0 unspecified atom stereocenters. The molecule has 0 fully saturated rings. The summed E-state index contributed by atoms with van der Waals surface area (Å²) < 4.78 is 12.9. The summed E-state index contributed by atoms with van der Waals surface area (Å²) in [6.45, 7) is 3.00. The second kappa shape index (κ2) is 3.30. The van der Waals surface area contributed by atoms with Gasteiger partial charge in [-0.2, -0.15) is 4.39 Å². The van der Waals surface area contributed by atoms with E-state index in [0.717, 1.165) is 0 Å². The summed E-state index contributed by atoms with van der Waals surface area (Å²) >= 11 is 0. The largest absolute Gasteiger partial charge is 0.322 e. The van der Waals surface area contributed by atoms with Crippen molar-refractivity contribution in [2.75, 3.05) is 5.32 Å². The molecular weight excluding hydrogens is 159 g/mol. The maximum atomic E-state index is 12.9. The summed E-state index contributed by atoms with van der Waals surface area (Å²) in [6, 6.07) is 3.12. The van der Waals surface area contributed by atoms with Gasteiger partial charge in [0.05, 0.1) is 5.69 Å². The van der Waals surface area contributed by atoms with E-state index in [1.165, 1.54) is 13.0 Å². The Balaban J connectivity index is 2.93. The number of amides is 1. The lowest BCUT2D eigenvalue weighted by Crippen LogP contribution is -2.08. The van der Waals surface area contributed by atoms with Crippen LogP contribution < -0.4 is 5.32 Å². The first-order valence-corrected chi connectivity index (χ1v) is 3.50. The summed E-state index contributed by atoms with van der Waals surface area (Å²) in [6.07, 6.45) is 0. The Labute approximate surface area is 69.6 Å². The van der Waals surface area contributed by atoms with E-state index < -0.39 is 5.95 Å². The Morgan fingerprint density at radius 2 is 2.25 bits per heavy atom. The summed E-state index contributed by atoms with van der Waals surface area (Å²) in [5.41, 5.74) is 0.703. The van der Waals surface area contributed by atoms with Crippen LogP contribution in [0.5, 0.6) is 0 Å². The number of carbonyl (C=O) groups is 1. The van der Waals surface area contributed by atoms with Crippen molar-refractivity contribution in [1.29, 1.82) is 0 Å². The Morgan fingerprint density at radius 3 is 2.75 bits per heavy atom. The average molecular weight is 168 g/mol. The smallest absolute Gasteiger partial charge is 0.236 e. The number of pyridine rings is 1. The van der Waals surface area contributed by atoms with Crippen molar-refractivity contribution in [3.8, 4) is 0 Å². The van der Waals surface area contributed by atoms with Gasteiger partial charge >= 0.3 is 0 Å². The molecule has 0 atom stereocenters. The molecule has 0 aliphatic rings. The number of nitrogens with one attached hydrogen (secondary N) is 1. The first kappa shape index (κ1) is 8.64. The topological polar surface area (TPSA) is 42.0 Å². The lowest BCUT2D eigenvalue weighted by Gasteiger charge is -2.02. The number of aromatic nitrogens is 1. The molecule has 12 heavy (non-hydrogen) atoms. The fourth-order valence-corrected chi connectivity index (χ4v) is 0.808. The fraction of sp³-hybridized carbons (Fsp3) is 0.250. The van der Waals surface area contributed by atoms with Gasteiger partial charge in [0.1, 0.15) is 0 Å². The quantitative estimate of drug-likeness (QED) is 0.645. The summed E-state index contributed by atoms with van der Waals surface area (Å²) in [7, 11) is 0. The molecule has 0 radical (unpaired) electrons. The van der Waals surface area contributed by atoms with Gasteiger partial charge in [0.15, 0.2) is 0 Å². The molecule has 1 N–H and O–H groups in total. The number of carbonyl (C=O) groups excluding carboxylic acids is 1. The number of hydrogen-bond acceptors (Lipinski definition) is 2. The minimum absolute atomic E-state index is 0.119. The third-order valence-electron chi connectivity index (χ3n) is 1.30. The molecule has 0 saturated carbocycles. The molecule has 0 aromatic carbocycles. The zero-order valence-corrected chi connectivity index (χ0v) is 6.89. The zero-order chi connectivity index (χ0) is 9.14. The number of anilines is 1. The number of rotatable bonds is 1. The maximum Gasteiger partial charge on any atom is 0.236 e. The van der Waals surface area contributed by atoms with E-state index in [4.69, 9.17) is 0 Å². The van der Waals surface area contributed by atoms with Gasteiger partial charge in [0.2, 0.25) is 11.9 Å². The number of aryl methyl sites for hydroxylation is 1. The molecule has 0 aliphatic carbocycles. The third-order valence-corrected chi connectivity index (χ3v) is 1.30. The van der Waals surface area contributed by atoms with Crippen LogP contribution in [0.1, 0.15) is 12.6 Å². The van der Waals surface area contributed by atoms with E-state index in [1.807, 2.05) is 0 Å². The molecule has 1 heterocycles. The van der Waals surface area contributed by atoms with Crippen molar-refractivity contribution < 1.29 is 9.18 Å². The molecule has 3 nitrogen and oxygen atoms in total. The molecular formula is C8H9FN2O. The lowest BCUT2D eigenvalue weighted by molar-refractivity contribution is -0.114. The maximum absolute atomic E-state index is 12.9. The Hall–Kier alpha value is -1.45. The van der Waals surface area contributed by atoms with Crippen LogP contribution in [0.3, 0.4) is 0 Å². The number of hydrogen-bond donors (Lipinski definition) is 1. The van der Waals surface area contributed by atoms with E-state index >= 15 is 0 Å². The van der Waals surface area contributed by atoms with E-state index in [2.05, 4.69) is 10.3 Å². The first-order valence-electron chi connectivity index (χ1n) is 3.50. The van der Waals surface area contributed by atoms with Gasteiger partial charge in [-0.3, -0.25) is 4.79 Å². The fourth-order valence-electron chi connectivity index (χ4n) is 0.808. The highest BCUT2D eigenvalue weighted by atomic mass is 19.1. The minimum Gasteiger partial charge on any atom is -0.322 e. The normalized spacial score (nSPS) is 9.58. The molecule has 0 bridgehead atoms. The average Bonchev–Trinajstić information content (AvgIpc) is 1.94. The van der Waals surface area contributed by atoms with Crippen LogP contribution in [-0.2, 0) is 4.79 Å². The van der Waals surface area contributed by atoms with E-state index in [1.54, 1.807) is 13.0 Å². The van der Waals surface area contributed by atoms with Crippen LogP contribution in [0.2, 0.25) is 0 Å². The third kappa shape index (κ3) is 2.02. The van der Waals surface area contributed by atoms with Gasteiger partial charge in [-0.05, 0) is 19.1 Å². The molecule has 0 spiro atoms. The van der Waals surface area contributed by atoms with Gasteiger partial charge in [0.25, 0.3) is 0 Å². The molecule has 1 aromatic heterocycles. The van der Waals surface area contributed by atoms with E-state index in [-0.39, 0.29) is 11.6 Å². The molecule has 64 valence electrons. The SMILES string of the molecule is CC(=O)Nc1ccc(C)nc1F. The Morgan fingerprint density at radius 1 is 1.58 bits per heavy atom. The Bertz CT molecular complexity index is 312. The van der Waals surface area contributed by atoms with Crippen molar-refractivity contribution in [3.63, 3.8) is 0 Å². The van der Waals surface area contributed by atoms with Crippen LogP contribution in [0, 0.1) is 12.9 Å². The monoisotopic (exact) mass is 168 g/mol. The predicted molar refractivity (Wildman–Crippen MR) is 43.2 cm³/mol. The van der Waals surface area contributed by atoms with Crippen molar-refractivity contribution in [1.82, 2.24) is 4.98 Å². The van der Waals surface area contributed by atoms with Crippen molar-refractivity contribution in [3.05, 3.63) is 23.8 Å². The lowest BCUT2D eigenvalue weighted by atomic mass is 10.3.